The van der Waals surface area contributed by atoms with Gasteiger partial charge in [0.25, 0.3) is 0 Å². The first-order valence-electron chi connectivity index (χ1n) is 5.38. The minimum atomic E-state index is -2.62. The van der Waals surface area contributed by atoms with Crippen molar-refractivity contribution in [2.75, 3.05) is 32.6 Å². The maximum atomic E-state index is 12.0. The lowest BCUT2D eigenvalue weighted by molar-refractivity contribution is -0.206. The van der Waals surface area contributed by atoms with Crippen LogP contribution in [0.3, 0.4) is 0 Å². The summed E-state index contributed by atoms with van der Waals surface area (Å²) in [5.41, 5.74) is 0. The molecule has 0 bridgehead atoms. The average Bonchev–Trinajstić information content (AvgIpc) is 2.02. The lowest BCUT2D eigenvalue weighted by Gasteiger charge is -2.31. The molecule has 0 aliphatic carbocycles. The molecular formula is C10H23O4P. The monoisotopic (exact) mass is 238 g/mol. The Morgan fingerprint density at radius 1 is 1.07 bits per heavy atom. The highest BCUT2D eigenvalue weighted by atomic mass is 31.2. The summed E-state index contributed by atoms with van der Waals surface area (Å²) >= 11 is 0. The van der Waals surface area contributed by atoms with E-state index in [-0.39, 0.29) is 6.16 Å². The van der Waals surface area contributed by atoms with Crippen LogP contribution < -0.4 is 0 Å². The van der Waals surface area contributed by atoms with Crippen molar-refractivity contribution in [2.45, 2.75) is 33.5 Å². The summed E-state index contributed by atoms with van der Waals surface area (Å²) in [6.07, 6.45) is 0.287. The zero-order valence-corrected chi connectivity index (χ0v) is 11.3. The second-order valence-electron chi connectivity index (χ2n) is 3.59. The van der Waals surface area contributed by atoms with Crippen LogP contribution >= 0.6 is 7.37 Å². The second kappa shape index (κ2) is 6.64. The maximum Gasteiger partial charge on any atom is 0.205 e. The fraction of sp³-hybridized carbons (Fsp3) is 1.00. The lowest BCUT2D eigenvalue weighted by Crippen LogP contribution is -2.36. The van der Waals surface area contributed by atoms with E-state index in [2.05, 4.69) is 0 Å². The molecule has 4 nitrogen and oxygen atoms in total. The van der Waals surface area contributed by atoms with Crippen LogP contribution in [0.2, 0.25) is 0 Å². The molecular weight excluding hydrogens is 215 g/mol. The van der Waals surface area contributed by atoms with Crippen molar-refractivity contribution in [3.63, 3.8) is 0 Å². The summed E-state index contributed by atoms with van der Waals surface area (Å²) in [6.45, 7) is 10.5. The van der Waals surface area contributed by atoms with Crippen molar-refractivity contribution in [1.29, 1.82) is 0 Å². The Balaban J connectivity index is 4.45. The average molecular weight is 238 g/mol. The van der Waals surface area contributed by atoms with E-state index in [0.717, 1.165) is 0 Å². The first kappa shape index (κ1) is 15.1. The van der Waals surface area contributed by atoms with Gasteiger partial charge >= 0.3 is 0 Å². The van der Waals surface area contributed by atoms with Gasteiger partial charge in [0.2, 0.25) is 7.37 Å². The molecule has 0 saturated heterocycles. The van der Waals surface area contributed by atoms with E-state index in [1.807, 2.05) is 20.8 Å². The van der Waals surface area contributed by atoms with Crippen molar-refractivity contribution in [3.05, 3.63) is 0 Å². The molecule has 0 aliphatic rings. The quantitative estimate of drug-likeness (QED) is 0.482. The van der Waals surface area contributed by atoms with Gasteiger partial charge in [-0.05, 0) is 27.7 Å². The number of hydrogen-bond donors (Lipinski definition) is 0. The van der Waals surface area contributed by atoms with Gasteiger partial charge < -0.3 is 14.0 Å². The summed E-state index contributed by atoms with van der Waals surface area (Å²) in [5.74, 6) is -0.803. The molecule has 5 heteroatoms. The molecule has 0 spiro atoms. The van der Waals surface area contributed by atoms with E-state index in [1.165, 1.54) is 0 Å². The van der Waals surface area contributed by atoms with Gasteiger partial charge in [-0.25, -0.2) is 0 Å². The Kier molecular flexibility index (Phi) is 6.69. The SMILES string of the molecule is CCOC(C)(CP(C)(=O)OCC)OCC. The molecule has 1 atom stereocenters. The first-order valence-corrected chi connectivity index (χ1v) is 7.63. The Morgan fingerprint density at radius 3 is 1.87 bits per heavy atom. The highest BCUT2D eigenvalue weighted by molar-refractivity contribution is 7.58. The van der Waals surface area contributed by atoms with Gasteiger partial charge in [-0.2, -0.15) is 0 Å². The van der Waals surface area contributed by atoms with Crippen LogP contribution in [0.1, 0.15) is 27.7 Å². The summed E-state index contributed by atoms with van der Waals surface area (Å²) in [4.78, 5) is 0. The molecule has 0 radical (unpaired) electrons. The van der Waals surface area contributed by atoms with E-state index < -0.39 is 13.2 Å². The Morgan fingerprint density at radius 2 is 1.53 bits per heavy atom. The Bertz CT molecular complexity index is 211. The summed E-state index contributed by atoms with van der Waals surface area (Å²) in [6, 6.07) is 0. The van der Waals surface area contributed by atoms with Crippen molar-refractivity contribution in [3.8, 4) is 0 Å². The zero-order chi connectivity index (χ0) is 11.9. The molecule has 0 N–H and O–H groups in total. The molecule has 92 valence electrons. The third-order valence-electron chi connectivity index (χ3n) is 1.88. The number of ether oxygens (including phenoxy) is 2. The highest BCUT2D eigenvalue weighted by Gasteiger charge is 2.33. The van der Waals surface area contributed by atoms with Crippen molar-refractivity contribution in [2.24, 2.45) is 0 Å². The largest absolute Gasteiger partial charge is 0.350 e. The van der Waals surface area contributed by atoms with Crippen LogP contribution in [0.4, 0.5) is 0 Å². The van der Waals surface area contributed by atoms with Crippen molar-refractivity contribution < 1.29 is 18.6 Å². The van der Waals surface area contributed by atoms with Gasteiger partial charge in [0.05, 0.1) is 12.8 Å². The van der Waals surface area contributed by atoms with Gasteiger partial charge in [-0.1, -0.05) is 0 Å². The summed E-state index contributed by atoms with van der Waals surface area (Å²) < 4.78 is 28.2. The van der Waals surface area contributed by atoms with Crippen LogP contribution in [-0.2, 0) is 18.6 Å². The minimum absolute atomic E-state index is 0.287. The van der Waals surface area contributed by atoms with Gasteiger partial charge in [0.1, 0.15) is 0 Å². The van der Waals surface area contributed by atoms with Crippen LogP contribution in [0.15, 0.2) is 0 Å². The standard InChI is InChI=1S/C10H23O4P/c1-6-12-10(4,13-7-2)9-15(5,11)14-8-3/h6-9H2,1-5H3. The predicted octanol–water partition coefficient (Wildman–Crippen LogP) is 2.72. The molecule has 0 saturated carbocycles. The second-order valence-corrected chi connectivity index (χ2v) is 6.19. The third kappa shape index (κ3) is 6.31. The van der Waals surface area contributed by atoms with E-state index in [4.69, 9.17) is 14.0 Å². The maximum absolute atomic E-state index is 12.0. The van der Waals surface area contributed by atoms with Crippen LogP contribution in [0.25, 0.3) is 0 Å². The van der Waals surface area contributed by atoms with Crippen molar-refractivity contribution >= 4 is 7.37 Å². The van der Waals surface area contributed by atoms with Crippen molar-refractivity contribution in [1.82, 2.24) is 0 Å². The van der Waals surface area contributed by atoms with Gasteiger partial charge in [-0.3, -0.25) is 4.57 Å². The summed E-state index contributed by atoms with van der Waals surface area (Å²) in [5, 5.41) is 0. The Labute approximate surface area is 92.7 Å². The van der Waals surface area contributed by atoms with E-state index >= 15 is 0 Å². The first-order chi connectivity index (χ1) is 6.89. The normalized spacial score (nSPS) is 16.3. The van der Waals surface area contributed by atoms with Gasteiger partial charge in [-0.15, -0.1) is 0 Å². The number of rotatable bonds is 8. The van der Waals surface area contributed by atoms with Crippen LogP contribution in [0, 0.1) is 0 Å². The smallest absolute Gasteiger partial charge is 0.205 e. The molecule has 0 aliphatic heterocycles. The molecule has 0 amide bonds. The molecule has 0 aromatic rings. The lowest BCUT2D eigenvalue weighted by atomic mass is 10.4. The van der Waals surface area contributed by atoms with Gasteiger partial charge in [0, 0.05) is 19.9 Å². The molecule has 1 unspecified atom stereocenters. The Hall–Kier alpha value is 0.110. The van der Waals surface area contributed by atoms with E-state index in [0.29, 0.717) is 19.8 Å². The minimum Gasteiger partial charge on any atom is -0.350 e. The van der Waals surface area contributed by atoms with Crippen LogP contribution in [-0.4, -0.2) is 38.4 Å². The highest BCUT2D eigenvalue weighted by Crippen LogP contribution is 2.46. The summed E-state index contributed by atoms with van der Waals surface area (Å²) in [7, 11) is -2.62. The van der Waals surface area contributed by atoms with Crippen LogP contribution in [0.5, 0.6) is 0 Å². The molecule has 0 rings (SSSR count). The molecule has 0 fully saturated rings. The number of hydrogen-bond acceptors (Lipinski definition) is 4. The topological polar surface area (TPSA) is 44.8 Å². The fourth-order valence-corrected chi connectivity index (χ4v) is 3.45. The molecule has 0 heterocycles. The zero-order valence-electron chi connectivity index (χ0n) is 10.4. The fourth-order valence-electron chi connectivity index (χ4n) is 1.58. The van der Waals surface area contributed by atoms with E-state index in [9.17, 15) is 4.57 Å². The van der Waals surface area contributed by atoms with Gasteiger partial charge in [0.15, 0.2) is 5.79 Å². The third-order valence-corrected chi connectivity index (χ3v) is 3.83. The predicted molar refractivity (Wildman–Crippen MR) is 61.7 cm³/mol. The molecule has 0 aromatic heterocycles. The van der Waals surface area contributed by atoms with E-state index in [1.54, 1.807) is 13.6 Å². The molecule has 0 aromatic carbocycles. The molecule has 15 heavy (non-hydrogen) atoms.